The Labute approximate surface area is 169 Å². The number of hydrogen-bond acceptors (Lipinski definition) is 6. The molecule has 1 N–H and O–H groups in total. The van der Waals surface area contributed by atoms with Gasteiger partial charge in [0, 0.05) is 46.3 Å². The lowest BCUT2D eigenvalue weighted by Gasteiger charge is -2.40. The molecule has 2 unspecified atom stereocenters. The highest BCUT2D eigenvalue weighted by Crippen LogP contribution is 2.26. The van der Waals surface area contributed by atoms with Gasteiger partial charge in [0.2, 0.25) is 0 Å². The number of piperazine rings is 1. The van der Waals surface area contributed by atoms with E-state index in [1.165, 1.54) is 17.0 Å². The van der Waals surface area contributed by atoms with Crippen molar-refractivity contribution in [2.24, 2.45) is 4.99 Å². The molecule has 0 aromatic heterocycles. The number of guanidine groups is 1. The number of benzene rings is 1. The number of fused-ring (bicyclic) bond motifs is 1. The van der Waals surface area contributed by atoms with Crippen LogP contribution < -0.4 is 5.32 Å². The van der Waals surface area contributed by atoms with Crippen molar-refractivity contribution in [1.29, 1.82) is 0 Å². The Hall–Kier alpha value is -2.68. The van der Waals surface area contributed by atoms with Gasteiger partial charge in [0.05, 0.1) is 0 Å². The van der Waals surface area contributed by atoms with Gasteiger partial charge in [-0.2, -0.15) is 0 Å². The summed E-state index contributed by atoms with van der Waals surface area (Å²) in [7, 11) is 1.68. The number of halogens is 1. The van der Waals surface area contributed by atoms with Gasteiger partial charge in [0.25, 0.3) is 5.91 Å². The Morgan fingerprint density at radius 1 is 1.14 bits per heavy atom. The van der Waals surface area contributed by atoms with Gasteiger partial charge in [0.15, 0.2) is 18.2 Å². The Morgan fingerprint density at radius 3 is 2.48 bits per heavy atom. The van der Waals surface area contributed by atoms with Gasteiger partial charge >= 0.3 is 6.03 Å². The molecule has 0 saturated carbocycles. The van der Waals surface area contributed by atoms with Crippen LogP contribution in [-0.2, 0) is 11.3 Å². The number of amides is 3. The number of urea groups is 1. The van der Waals surface area contributed by atoms with Crippen molar-refractivity contribution in [2.45, 2.75) is 32.1 Å². The van der Waals surface area contributed by atoms with Crippen LogP contribution in [0.25, 0.3) is 0 Å². The van der Waals surface area contributed by atoms with Crippen molar-refractivity contribution in [3.63, 3.8) is 0 Å². The first kappa shape index (κ1) is 19.6. The van der Waals surface area contributed by atoms with Gasteiger partial charge in [-0.05, 0) is 24.1 Å². The van der Waals surface area contributed by atoms with Crippen LogP contribution in [0.3, 0.4) is 0 Å². The summed E-state index contributed by atoms with van der Waals surface area (Å²) < 4.78 is 13.1. The summed E-state index contributed by atoms with van der Waals surface area (Å²) in [6, 6.07) is 5.76. The summed E-state index contributed by atoms with van der Waals surface area (Å²) in [6.07, 6.45) is 0.410. The summed E-state index contributed by atoms with van der Waals surface area (Å²) in [5.74, 6) is 0.308. The second kappa shape index (κ2) is 7.98. The SMILES string of the molecule is CCCN1C(N2CCN(Cc3ccc(F)cc3)CC2)=NC2C1C(=O)NC(=O)N2C. The molecule has 9 heteroatoms. The van der Waals surface area contributed by atoms with Crippen LogP contribution >= 0.6 is 0 Å². The maximum atomic E-state index is 13.1. The zero-order chi connectivity index (χ0) is 20.5. The van der Waals surface area contributed by atoms with Crippen molar-refractivity contribution >= 4 is 17.9 Å². The van der Waals surface area contributed by atoms with Crippen molar-refractivity contribution < 1.29 is 14.0 Å². The Morgan fingerprint density at radius 2 is 1.83 bits per heavy atom. The third kappa shape index (κ3) is 3.78. The summed E-state index contributed by atoms with van der Waals surface area (Å²) in [4.78, 5) is 37.4. The van der Waals surface area contributed by atoms with Crippen LogP contribution in [0.15, 0.2) is 29.3 Å². The van der Waals surface area contributed by atoms with Crippen molar-refractivity contribution in [3.8, 4) is 0 Å². The normalized spacial score (nSPS) is 25.2. The molecule has 29 heavy (non-hydrogen) atoms. The van der Waals surface area contributed by atoms with E-state index < -0.39 is 18.2 Å². The molecule has 0 bridgehead atoms. The number of hydrogen-bond donors (Lipinski definition) is 1. The highest BCUT2D eigenvalue weighted by atomic mass is 19.1. The lowest BCUT2D eigenvalue weighted by Crippen LogP contribution is -2.64. The Balaban J connectivity index is 1.44. The third-order valence-corrected chi connectivity index (χ3v) is 5.78. The van der Waals surface area contributed by atoms with Gasteiger partial charge in [0.1, 0.15) is 5.82 Å². The number of rotatable bonds is 4. The average molecular weight is 402 g/mol. The van der Waals surface area contributed by atoms with E-state index in [2.05, 4.69) is 22.0 Å². The number of nitrogens with zero attached hydrogens (tertiary/aromatic N) is 5. The smallest absolute Gasteiger partial charge is 0.325 e. The van der Waals surface area contributed by atoms with Crippen LogP contribution in [-0.4, -0.2) is 89.5 Å². The Kier molecular flexibility index (Phi) is 5.40. The van der Waals surface area contributed by atoms with E-state index in [1.807, 2.05) is 17.0 Å². The van der Waals surface area contributed by atoms with Gasteiger partial charge in [-0.1, -0.05) is 19.1 Å². The topological polar surface area (TPSA) is 71.5 Å². The summed E-state index contributed by atoms with van der Waals surface area (Å²) in [6.45, 7) is 6.85. The molecule has 0 spiro atoms. The zero-order valence-corrected chi connectivity index (χ0v) is 16.8. The molecule has 3 aliphatic heterocycles. The fraction of sp³-hybridized carbons (Fsp3) is 0.550. The zero-order valence-electron chi connectivity index (χ0n) is 16.8. The first-order chi connectivity index (χ1) is 14.0. The maximum absolute atomic E-state index is 13.1. The summed E-state index contributed by atoms with van der Waals surface area (Å²) >= 11 is 0. The predicted octanol–water partition coefficient (Wildman–Crippen LogP) is 0.901. The third-order valence-electron chi connectivity index (χ3n) is 5.78. The van der Waals surface area contributed by atoms with E-state index in [0.29, 0.717) is 6.54 Å². The standard InChI is InChI=1S/C20H27FN6O2/c1-3-8-27-16-17(24(2)20(29)23-18(16)28)22-19(27)26-11-9-25(10-12-26)13-14-4-6-15(21)7-5-14/h4-7,16-17H,3,8-13H2,1-2H3,(H,23,28,29). The number of carbonyl (C=O) groups excluding carboxylic acids is 2. The van der Waals surface area contributed by atoms with Gasteiger partial charge < -0.3 is 14.7 Å². The highest BCUT2D eigenvalue weighted by Gasteiger charge is 2.49. The minimum Gasteiger partial charge on any atom is -0.340 e. The summed E-state index contributed by atoms with van der Waals surface area (Å²) in [5, 5.41) is 2.43. The molecule has 2 fully saturated rings. The first-order valence-electron chi connectivity index (χ1n) is 10.1. The van der Waals surface area contributed by atoms with Crippen molar-refractivity contribution in [3.05, 3.63) is 35.6 Å². The molecule has 1 aromatic rings. The van der Waals surface area contributed by atoms with Crippen molar-refractivity contribution in [2.75, 3.05) is 39.8 Å². The Bertz CT molecular complexity index is 806. The molecule has 2 saturated heterocycles. The van der Waals surface area contributed by atoms with Crippen LogP contribution in [0.1, 0.15) is 18.9 Å². The number of likely N-dealkylation sites (N-methyl/N-ethyl adjacent to an activating group) is 1. The van der Waals surface area contributed by atoms with E-state index in [-0.39, 0.29) is 11.7 Å². The number of carbonyl (C=O) groups is 2. The molecule has 2 atom stereocenters. The fourth-order valence-electron chi connectivity index (χ4n) is 4.21. The van der Waals surface area contributed by atoms with E-state index >= 15 is 0 Å². The molecule has 0 aliphatic carbocycles. The van der Waals surface area contributed by atoms with E-state index in [4.69, 9.17) is 4.99 Å². The highest BCUT2D eigenvalue weighted by molar-refractivity contribution is 6.03. The number of imide groups is 1. The minimum absolute atomic E-state index is 0.220. The largest absolute Gasteiger partial charge is 0.340 e. The average Bonchev–Trinajstić information content (AvgIpc) is 3.09. The van der Waals surface area contributed by atoms with E-state index in [9.17, 15) is 14.0 Å². The first-order valence-corrected chi connectivity index (χ1v) is 10.1. The molecule has 0 radical (unpaired) electrons. The summed E-state index contributed by atoms with van der Waals surface area (Å²) in [5.41, 5.74) is 1.09. The predicted molar refractivity (Wildman–Crippen MR) is 107 cm³/mol. The van der Waals surface area contributed by atoms with Crippen LogP contribution in [0, 0.1) is 5.82 Å². The monoisotopic (exact) mass is 402 g/mol. The van der Waals surface area contributed by atoms with Gasteiger partial charge in [-0.3, -0.25) is 15.0 Å². The molecule has 8 nitrogen and oxygen atoms in total. The lowest BCUT2D eigenvalue weighted by atomic mass is 10.1. The van der Waals surface area contributed by atoms with Crippen LogP contribution in [0.2, 0.25) is 0 Å². The number of aliphatic imine (C=N–C) groups is 1. The van der Waals surface area contributed by atoms with Crippen LogP contribution in [0.4, 0.5) is 9.18 Å². The minimum atomic E-state index is -0.477. The van der Waals surface area contributed by atoms with Gasteiger partial charge in [-0.15, -0.1) is 0 Å². The number of nitrogens with one attached hydrogen (secondary N) is 1. The molecule has 4 rings (SSSR count). The lowest BCUT2D eigenvalue weighted by molar-refractivity contribution is -0.127. The molecule has 3 amide bonds. The fourth-order valence-corrected chi connectivity index (χ4v) is 4.21. The molecule has 1 aromatic carbocycles. The molecule has 3 aliphatic rings. The second-order valence-electron chi connectivity index (χ2n) is 7.78. The van der Waals surface area contributed by atoms with E-state index in [0.717, 1.165) is 50.7 Å². The second-order valence-corrected chi connectivity index (χ2v) is 7.78. The quantitative estimate of drug-likeness (QED) is 0.810. The van der Waals surface area contributed by atoms with Crippen LogP contribution in [0.5, 0.6) is 0 Å². The van der Waals surface area contributed by atoms with Gasteiger partial charge in [-0.25, -0.2) is 14.2 Å². The molecule has 156 valence electrons. The molecular weight excluding hydrogens is 375 g/mol. The maximum Gasteiger partial charge on any atom is 0.325 e. The molecule has 3 heterocycles. The van der Waals surface area contributed by atoms with Crippen molar-refractivity contribution in [1.82, 2.24) is 24.9 Å². The van der Waals surface area contributed by atoms with E-state index in [1.54, 1.807) is 7.05 Å². The molecular formula is C20H27FN6O2.